The third kappa shape index (κ3) is 2.46. The summed E-state index contributed by atoms with van der Waals surface area (Å²) in [5.41, 5.74) is 1.85. The van der Waals surface area contributed by atoms with Crippen LogP contribution < -0.4 is 10.1 Å². The number of hydrogen-bond acceptors (Lipinski definition) is 4. The van der Waals surface area contributed by atoms with E-state index in [-0.39, 0.29) is 0 Å². The Balaban J connectivity index is 1.82. The van der Waals surface area contributed by atoms with E-state index < -0.39 is 0 Å². The number of aromatic nitrogens is 3. The number of halogens is 1. The molecule has 1 aromatic carbocycles. The molecule has 0 atom stereocenters. The maximum Gasteiger partial charge on any atom is 0.243 e. The second-order valence-corrected chi connectivity index (χ2v) is 5.08. The first-order chi connectivity index (χ1) is 9.78. The summed E-state index contributed by atoms with van der Waals surface area (Å²) in [5.74, 6) is 1.44. The van der Waals surface area contributed by atoms with Gasteiger partial charge in [0.05, 0.1) is 11.6 Å². The Morgan fingerprint density at radius 1 is 1.25 bits per heavy atom. The van der Waals surface area contributed by atoms with E-state index in [0.717, 1.165) is 21.4 Å². The molecule has 2 aromatic heterocycles. The molecular weight excluding hydrogens is 320 g/mol. The first-order valence-electron chi connectivity index (χ1n) is 6.14. The number of ether oxygens (including phenoxy) is 1. The largest absolute Gasteiger partial charge is 0.496 e. The quantitative estimate of drug-likeness (QED) is 0.797. The first kappa shape index (κ1) is 12.9. The monoisotopic (exact) mass is 332 g/mol. The van der Waals surface area contributed by atoms with Crippen LogP contribution in [0.5, 0.6) is 5.75 Å². The maximum absolute atomic E-state index is 5.32. The molecule has 6 heteroatoms. The van der Waals surface area contributed by atoms with Gasteiger partial charge in [-0.2, -0.15) is 4.98 Å². The van der Waals surface area contributed by atoms with Crippen LogP contribution in [0.3, 0.4) is 0 Å². The highest BCUT2D eigenvalue weighted by molar-refractivity contribution is 9.10. The highest BCUT2D eigenvalue weighted by Crippen LogP contribution is 2.20. The van der Waals surface area contributed by atoms with Crippen LogP contribution in [0.15, 0.2) is 47.1 Å². The van der Waals surface area contributed by atoms with Gasteiger partial charge in [0.25, 0.3) is 0 Å². The zero-order chi connectivity index (χ0) is 13.9. The van der Waals surface area contributed by atoms with Crippen molar-refractivity contribution in [3.8, 4) is 5.75 Å². The van der Waals surface area contributed by atoms with Crippen LogP contribution in [-0.4, -0.2) is 21.7 Å². The van der Waals surface area contributed by atoms with Crippen LogP contribution in [0.4, 0.5) is 5.95 Å². The Bertz CT molecular complexity index is 741. The van der Waals surface area contributed by atoms with Gasteiger partial charge in [-0.15, -0.1) is 5.10 Å². The minimum Gasteiger partial charge on any atom is -0.496 e. The minimum absolute atomic E-state index is 0.586. The normalized spacial score (nSPS) is 10.7. The fourth-order valence-corrected chi connectivity index (χ4v) is 2.39. The lowest BCUT2D eigenvalue weighted by Crippen LogP contribution is -2.03. The number of nitrogens with zero attached hydrogens (tertiary/aromatic N) is 3. The van der Waals surface area contributed by atoms with Gasteiger partial charge in [0.1, 0.15) is 5.75 Å². The van der Waals surface area contributed by atoms with Gasteiger partial charge in [-0.25, -0.2) is 4.52 Å². The zero-order valence-corrected chi connectivity index (χ0v) is 12.5. The van der Waals surface area contributed by atoms with Crippen molar-refractivity contribution < 1.29 is 4.74 Å². The number of anilines is 1. The van der Waals surface area contributed by atoms with Crippen LogP contribution in [0.2, 0.25) is 0 Å². The second kappa shape index (κ2) is 5.50. The van der Waals surface area contributed by atoms with Gasteiger partial charge in [-0.3, -0.25) is 0 Å². The zero-order valence-electron chi connectivity index (χ0n) is 10.9. The van der Waals surface area contributed by atoms with E-state index in [0.29, 0.717) is 12.5 Å². The van der Waals surface area contributed by atoms with Gasteiger partial charge in [-0.05, 0) is 34.1 Å². The van der Waals surface area contributed by atoms with Crippen LogP contribution in [0, 0.1) is 0 Å². The van der Waals surface area contributed by atoms with E-state index in [1.54, 1.807) is 11.6 Å². The smallest absolute Gasteiger partial charge is 0.243 e. The third-order valence-electron chi connectivity index (χ3n) is 2.94. The molecule has 0 fully saturated rings. The van der Waals surface area contributed by atoms with Crippen LogP contribution in [0.1, 0.15) is 5.56 Å². The van der Waals surface area contributed by atoms with Crippen molar-refractivity contribution in [3.05, 3.63) is 52.6 Å². The molecule has 0 saturated carbocycles. The molecule has 0 unspecified atom stereocenters. The number of para-hydroxylation sites is 1. The molecule has 0 aliphatic rings. The average molecular weight is 333 g/mol. The summed E-state index contributed by atoms with van der Waals surface area (Å²) >= 11 is 3.46. The van der Waals surface area contributed by atoms with E-state index in [4.69, 9.17) is 4.74 Å². The fourth-order valence-electron chi connectivity index (χ4n) is 1.97. The molecule has 0 spiro atoms. The van der Waals surface area contributed by atoms with Gasteiger partial charge in [0, 0.05) is 18.3 Å². The SMILES string of the molecule is COc1ccccc1CNc1nc2c(Br)cccn2n1. The topological polar surface area (TPSA) is 51.5 Å². The number of rotatable bonds is 4. The van der Waals surface area contributed by atoms with Crippen LogP contribution in [0.25, 0.3) is 5.65 Å². The molecule has 0 radical (unpaired) electrons. The summed E-state index contributed by atoms with van der Waals surface area (Å²) in [7, 11) is 1.67. The Hall–Kier alpha value is -2.08. The van der Waals surface area contributed by atoms with Crippen molar-refractivity contribution >= 4 is 27.5 Å². The number of pyridine rings is 1. The van der Waals surface area contributed by atoms with Crippen LogP contribution in [-0.2, 0) is 6.54 Å². The molecule has 3 aromatic rings. The Kier molecular flexibility index (Phi) is 3.56. The van der Waals surface area contributed by atoms with Crippen molar-refractivity contribution in [2.24, 2.45) is 0 Å². The molecule has 3 rings (SSSR count). The molecule has 5 nitrogen and oxygen atoms in total. The van der Waals surface area contributed by atoms with Crippen molar-refractivity contribution in [3.63, 3.8) is 0 Å². The number of benzene rings is 1. The van der Waals surface area contributed by atoms with E-state index >= 15 is 0 Å². The van der Waals surface area contributed by atoms with E-state index in [9.17, 15) is 0 Å². The second-order valence-electron chi connectivity index (χ2n) is 4.23. The molecule has 0 aliphatic heterocycles. The lowest BCUT2D eigenvalue weighted by molar-refractivity contribution is 0.410. The van der Waals surface area contributed by atoms with E-state index in [2.05, 4.69) is 31.3 Å². The Labute approximate surface area is 124 Å². The standard InChI is InChI=1S/C14H13BrN4O/c1-20-12-7-3-2-5-10(12)9-16-14-17-13-11(15)6-4-8-19(13)18-14/h2-8H,9H2,1H3,(H,16,18). The van der Waals surface area contributed by atoms with Gasteiger partial charge in [-0.1, -0.05) is 18.2 Å². The predicted molar refractivity (Wildman–Crippen MR) is 81.0 cm³/mol. The molecule has 1 N–H and O–H groups in total. The summed E-state index contributed by atoms with van der Waals surface area (Å²) in [6, 6.07) is 11.7. The summed E-state index contributed by atoms with van der Waals surface area (Å²) in [5, 5.41) is 7.58. The van der Waals surface area contributed by atoms with E-state index in [1.165, 1.54) is 0 Å². The molecule has 0 aliphatic carbocycles. The third-order valence-corrected chi connectivity index (χ3v) is 3.56. The van der Waals surface area contributed by atoms with Crippen molar-refractivity contribution in [2.45, 2.75) is 6.54 Å². The first-order valence-corrected chi connectivity index (χ1v) is 6.94. The van der Waals surface area contributed by atoms with Gasteiger partial charge < -0.3 is 10.1 Å². The Morgan fingerprint density at radius 3 is 2.90 bits per heavy atom. The van der Waals surface area contributed by atoms with Gasteiger partial charge in [0.2, 0.25) is 5.95 Å². The van der Waals surface area contributed by atoms with Crippen LogP contribution >= 0.6 is 15.9 Å². The highest BCUT2D eigenvalue weighted by Gasteiger charge is 2.07. The molecule has 0 saturated heterocycles. The van der Waals surface area contributed by atoms with Crippen molar-refractivity contribution in [2.75, 3.05) is 12.4 Å². The number of fused-ring (bicyclic) bond motifs is 1. The average Bonchev–Trinajstić information content (AvgIpc) is 2.90. The molecule has 0 amide bonds. The van der Waals surface area contributed by atoms with Crippen molar-refractivity contribution in [1.82, 2.24) is 14.6 Å². The lowest BCUT2D eigenvalue weighted by Gasteiger charge is -2.07. The molecular formula is C14H13BrN4O. The summed E-state index contributed by atoms with van der Waals surface area (Å²) in [6.07, 6.45) is 1.86. The highest BCUT2D eigenvalue weighted by atomic mass is 79.9. The predicted octanol–water partition coefficient (Wildman–Crippen LogP) is 3.11. The summed E-state index contributed by atoms with van der Waals surface area (Å²) < 4.78 is 7.96. The fraction of sp³-hybridized carbons (Fsp3) is 0.143. The summed E-state index contributed by atoms with van der Waals surface area (Å²) in [4.78, 5) is 4.44. The number of hydrogen-bond donors (Lipinski definition) is 1. The lowest BCUT2D eigenvalue weighted by atomic mass is 10.2. The maximum atomic E-state index is 5.32. The number of nitrogens with one attached hydrogen (secondary N) is 1. The minimum atomic E-state index is 0.586. The Morgan fingerprint density at radius 2 is 2.10 bits per heavy atom. The van der Waals surface area contributed by atoms with Gasteiger partial charge in [0.15, 0.2) is 5.65 Å². The van der Waals surface area contributed by atoms with Crippen molar-refractivity contribution in [1.29, 1.82) is 0 Å². The summed E-state index contributed by atoms with van der Waals surface area (Å²) in [6.45, 7) is 0.610. The molecule has 0 bridgehead atoms. The molecule has 102 valence electrons. The van der Waals surface area contributed by atoms with Gasteiger partial charge >= 0.3 is 0 Å². The molecule has 2 heterocycles. The number of methoxy groups -OCH3 is 1. The van der Waals surface area contributed by atoms with E-state index in [1.807, 2.05) is 42.6 Å². The molecule has 20 heavy (non-hydrogen) atoms.